The molecule has 3 amide bonds. The Labute approximate surface area is 166 Å². The number of nitrogens with one attached hydrogen (secondary N) is 2. The summed E-state index contributed by atoms with van der Waals surface area (Å²) in [6, 6.07) is 12.5. The van der Waals surface area contributed by atoms with E-state index in [0.717, 1.165) is 16.8 Å². The first-order valence-electron chi connectivity index (χ1n) is 9.07. The summed E-state index contributed by atoms with van der Waals surface area (Å²) in [7, 11) is 0. The number of urea groups is 1. The average Bonchev–Trinajstić information content (AvgIpc) is 3.13. The van der Waals surface area contributed by atoms with E-state index in [-0.39, 0.29) is 11.7 Å². The molecule has 1 aliphatic heterocycles. The van der Waals surface area contributed by atoms with Gasteiger partial charge in [-0.3, -0.25) is 10.0 Å². The molecule has 0 unspecified atom stereocenters. The van der Waals surface area contributed by atoms with Crippen LogP contribution in [-0.4, -0.2) is 38.7 Å². The highest BCUT2D eigenvalue weighted by Gasteiger charge is 2.25. The van der Waals surface area contributed by atoms with Gasteiger partial charge >= 0.3 is 6.03 Å². The normalized spacial score (nSPS) is 13.0. The monoisotopic (exact) mass is 393 g/mol. The zero-order chi connectivity index (χ0) is 20.4. The Balaban J connectivity index is 1.51. The van der Waals surface area contributed by atoms with Gasteiger partial charge in [-0.25, -0.2) is 15.3 Å². The molecule has 29 heavy (non-hydrogen) atoms. The van der Waals surface area contributed by atoms with E-state index in [4.69, 9.17) is 9.73 Å². The van der Waals surface area contributed by atoms with Crippen LogP contribution in [0.15, 0.2) is 47.0 Å². The maximum Gasteiger partial charge on any atom is 0.322 e. The number of carbonyl (C=O) groups excluding carboxylic acids is 2. The third-order valence-corrected chi connectivity index (χ3v) is 4.81. The summed E-state index contributed by atoms with van der Waals surface area (Å²) < 4.78 is 5.29. The van der Waals surface area contributed by atoms with E-state index in [1.807, 2.05) is 30.3 Å². The topological polar surface area (TPSA) is 121 Å². The number of aryl methyl sites for hydroxylation is 1. The molecule has 0 fully saturated rings. The number of aromatic nitrogens is 2. The standard InChI is InChI=1S/C20H19N5O4/c1-12-17(18(24-29-12)13-5-3-2-4-6-13)22-20(27)25-10-9-15-14(11-25)7-8-16(21-15)19(26)23-28/h2-8,28H,9-11H2,1H3,(H,22,27)(H,23,26). The number of benzene rings is 1. The second kappa shape index (κ2) is 7.72. The number of nitrogens with zero attached hydrogens (tertiary/aromatic N) is 3. The van der Waals surface area contributed by atoms with Crippen molar-refractivity contribution in [2.75, 3.05) is 11.9 Å². The van der Waals surface area contributed by atoms with Crippen molar-refractivity contribution in [2.45, 2.75) is 19.9 Å². The summed E-state index contributed by atoms with van der Waals surface area (Å²) in [4.78, 5) is 30.3. The van der Waals surface area contributed by atoms with Gasteiger partial charge in [0.25, 0.3) is 5.91 Å². The fourth-order valence-corrected chi connectivity index (χ4v) is 3.27. The van der Waals surface area contributed by atoms with Crippen LogP contribution in [0.1, 0.15) is 27.5 Å². The second-order valence-electron chi connectivity index (χ2n) is 6.67. The van der Waals surface area contributed by atoms with Crippen LogP contribution in [0, 0.1) is 6.92 Å². The number of hydrogen-bond donors (Lipinski definition) is 3. The first-order chi connectivity index (χ1) is 14.1. The highest BCUT2D eigenvalue weighted by molar-refractivity contribution is 5.94. The molecule has 1 aromatic carbocycles. The fourth-order valence-electron chi connectivity index (χ4n) is 3.27. The van der Waals surface area contributed by atoms with Crippen LogP contribution in [0.25, 0.3) is 11.3 Å². The van der Waals surface area contributed by atoms with Crippen molar-refractivity contribution in [3.8, 4) is 11.3 Å². The minimum absolute atomic E-state index is 0.136. The lowest BCUT2D eigenvalue weighted by molar-refractivity contribution is 0.0700. The van der Waals surface area contributed by atoms with Gasteiger partial charge in [0.1, 0.15) is 17.1 Å². The summed E-state index contributed by atoms with van der Waals surface area (Å²) in [5.41, 5.74) is 5.27. The van der Waals surface area contributed by atoms with E-state index >= 15 is 0 Å². The highest BCUT2D eigenvalue weighted by atomic mass is 16.5. The van der Waals surface area contributed by atoms with Crippen molar-refractivity contribution in [2.24, 2.45) is 0 Å². The minimum Gasteiger partial charge on any atom is -0.359 e. The number of pyridine rings is 1. The highest BCUT2D eigenvalue weighted by Crippen LogP contribution is 2.30. The number of anilines is 1. The van der Waals surface area contributed by atoms with E-state index in [1.54, 1.807) is 23.4 Å². The molecular weight excluding hydrogens is 374 g/mol. The van der Waals surface area contributed by atoms with Gasteiger partial charge in [0.2, 0.25) is 0 Å². The van der Waals surface area contributed by atoms with Crippen LogP contribution >= 0.6 is 0 Å². The molecule has 3 heterocycles. The van der Waals surface area contributed by atoms with Gasteiger partial charge < -0.3 is 14.7 Å². The molecule has 0 spiro atoms. The minimum atomic E-state index is -0.663. The quantitative estimate of drug-likeness (QED) is 0.465. The number of carbonyl (C=O) groups is 2. The van der Waals surface area contributed by atoms with E-state index in [1.165, 1.54) is 6.07 Å². The molecule has 0 saturated carbocycles. The summed E-state index contributed by atoms with van der Waals surface area (Å²) in [5, 5.41) is 15.7. The Morgan fingerprint density at radius 3 is 2.72 bits per heavy atom. The number of fused-ring (bicyclic) bond motifs is 1. The third-order valence-electron chi connectivity index (χ3n) is 4.81. The largest absolute Gasteiger partial charge is 0.359 e. The van der Waals surface area contributed by atoms with Gasteiger partial charge in [-0.15, -0.1) is 0 Å². The Bertz CT molecular complexity index is 1060. The summed E-state index contributed by atoms with van der Waals surface area (Å²) in [6.45, 7) is 2.55. The van der Waals surface area contributed by atoms with Crippen LogP contribution in [0.2, 0.25) is 0 Å². The molecule has 0 saturated heterocycles. The molecule has 2 aromatic heterocycles. The van der Waals surface area contributed by atoms with E-state index in [9.17, 15) is 9.59 Å². The lowest BCUT2D eigenvalue weighted by Gasteiger charge is -2.28. The van der Waals surface area contributed by atoms with Crippen molar-refractivity contribution >= 4 is 17.6 Å². The summed E-state index contributed by atoms with van der Waals surface area (Å²) >= 11 is 0. The number of amides is 3. The zero-order valence-corrected chi connectivity index (χ0v) is 15.7. The second-order valence-corrected chi connectivity index (χ2v) is 6.67. The van der Waals surface area contributed by atoms with Crippen molar-refractivity contribution in [1.29, 1.82) is 0 Å². The van der Waals surface area contributed by atoms with Crippen LogP contribution in [0.3, 0.4) is 0 Å². The Morgan fingerprint density at radius 2 is 1.97 bits per heavy atom. The third kappa shape index (κ3) is 3.67. The van der Waals surface area contributed by atoms with Gasteiger partial charge in [-0.1, -0.05) is 41.6 Å². The molecule has 9 heteroatoms. The number of hydroxylamine groups is 1. The van der Waals surface area contributed by atoms with Crippen molar-refractivity contribution < 1.29 is 19.3 Å². The number of hydrogen-bond acceptors (Lipinski definition) is 6. The lowest BCUT2D eigenvalue weighted by atomic mass is 10.1. The molecule has 9 nitrogen and oxygen atoms in total. The first kappa shape index (κ1) is 18.6. The van der Waals surface area contributed by atoms with E-state index in [0.29, 0.717) is 36.7 Å². The molecule has 4 rings (SSSR count). The molecule has 0 bridgehead atoms. The zero-order valence-electron chi connectivity index (χ0n) is 15.7. The van der Waals surface area contributed by atoms with Gasteiger partial charge in [-0.05, 0) is 18.6 Å². The summed E-state index contributed by atoms with van der Waals surface area (Å²) in [5.74, 6) is -0.139. The van der Waals surface area contributed by atoms with Crippen molar-refractivity contribution in [1.82, 2.24) is 20.5 Å². The SMILES string of the molecule is Cc1onc(-c2ccccc2)c1NC(=O)N1CCc2nc(C(=O)NO)ccc2C1. The summed E-state index contributed by atoms with van der Waals surface area (Å²) in [6.07, 6.45) is 0.503. The Morgan fingerprint density at radius 1 is 1.17 bits per heavy atom. The average molecular weight is 393 g/mol. The molecule has 1 aliphatic rings. The smallest absolute Gasteiger partial charge is 0.322 e. The molecule has 3 aromatic rings. The van der Waals surface area contributed by atoms with E-state index in [2.05, 4.69) is 15.5 Å². The van der Waals surface area contributed by atoms with Crippen LogP contribution in [-0.2, 0) is 13.0 Å². The number of rotatable bonds is 3. The van der Waals surface area contributed by atoms with E-state index < -0.39 is 5.91 Å². The molecular formula is C20H19N5O4. The molecule has 0 radical (unpaired) electrons. The van der Waals surface area contributed by atoms with Crippen LogP contribution in [0.5, 0.6) is 0 Å². The van der Waals surface area contributed by atoms with Crippen molar-refractivity contribution in [3.63, 3.8) is 0 Å². The fraction of sp³-hybridized carbons (Fsp3) is 0.200. The van der Waals surface area contributed by atoms with Crippen LogP contribution < -0.4 is 10.8 Å². The molecule has 148 valence electrons. The Hall–Kier alpha value is -3.72. The molecule has 0 atom stereocenters. The van der Waals surface area contributed by atoms with Crippen LogP contribution in [0.4, 0.5) is 10.5 Å². The van der Waals surface area contributed by atoms with Crippen molar-refractivity contribution in [3.05, 3.63) is 65.2 Å². The lowest BCUT2D eigenvalue weighted by Crippen LogP contribution is -2.39. The molecule has 3 N–H and O–H groups in total. The van der Waals surface area contributed by atoms with Gasteiger partial charge in [0.05, 0.1) is 0 Å². The maximum atomic E-state index is 12.9. The predicted octanol–water partition coefficient (Wildman–Crippen LogP) is 2.75. The first-order valence-corrected chi connectivity index (χ1v) is 9.07. The maximum absolute atomic E-state index is 12.9. The van der Waals surface area contributed by atoms with Gasteiger partial charge in [0, 0.05) is 30.8 Å². The predicted molar refractivity (Wildman–Crippen MR) is 103 cm³/mol. The Kier molecular flexibility index (Phi) is 4.96. The van der Waals surface area contributed by atoms with Gasteiger partial charge in [0.15, 0.2) is 5.76 Å². The molecule has 0 aliphatic carbocycles. The van der Waals surface area contributed by atoms with Gasteiger partial charge in [-0.2, -0.15) is 0 Å².